The van der Waals surface area contributed by atoms with E-state index in [2.05, 4.69) is 4.98 Å². The molecular formula is C10H13N3O3S. The zero-order chi connectivity index (χ0) is 12.6. The van der Waals surface area contributed by atoms with Gasteiger partial charge in [0, 0.05) is 13.1 Å². The molecule has 1 unspecified atom stereocenters. The number of amides is 1. The van der Waals surface area contributed by atoms with Gasteiger partial charge in [0.2, 0.25) is 0 Å². The van der Waals surface area contributed by atoms with Crippen LogP contribution in [0.15, 0.2) is 6.20 Å². The SMILES string of the molecule is Cc1ncc(C(=O)N2CCC(N)(C(=O)O)C2)s1. The highest BCUT2D eigenvalue weighted by molar-refractivity contribution is 7.13. The molecule has 1 amide bonds. The van der Waals surface area contributed by atoms with Crippen LogP contribution >= 0.6 is 11.3 Å². The first kappa shape index (κ1) is 12.0. The van der Waals surface area contributed by atoms with Gasteiger partial charge in [0.25, 0.3) is 5.91 Å². The van der Waals surface area contributed by atoms with Gasteiger partial charge in [-0.05, 0) is 13.3 Å². The first-order valence-corrected chi connectivity index (χ1v) is 5.98. The summed E-state index contributed by atoms with van der Waals surface area (Å²) in [6.45, 7) is 2.24. The van der Waals surface area contributed by atoms with Crippen molar-refractivity contribution in [1.29, 1.82) is 0 Å². The van der Waals surface area contributed by atoms with Gasteiger partial charge in [0.15, 0.2) is 0 Å². The van der Waals surface area contributed by atoms with Crippen LogP contribution in [0.5, 0.6) is 0 Å². The Morgan fingerprint density at radius 2 is 2.35 bits per heavy atom. The van der Waals surface area contributed by atoms with Gasteiger partial charge in [-0.15, -0.1) is 11.3 Å². The van der Waals surface area contributed by atoms with Crippen molar-refractivity contribution in [1.82, 2.24) is 9.88 Å². The zero-order valence-electron chi connectivity index (χ0n) is 9.34. The van der Waals surface area contributed by atoms with Crippen molar-refractivity contribution in [3.63, 3.8) is 0 Å². The Morgan fingerprint density at radius 3 is 2.82 bits per heavy atom. The smallest absolute Gasteiger partial charge is 0.325 e. The fourth-order valence-electron chi connectivity index (χ4n) is 1.80. The van der Waals surface area contributed by atoms with Gasteiger partial charge in [-0.3, -0.25) is 9.59 Å². The number of likely N-dealkylation sites (tertiary alicyclic amines) is 1. The van der Waals surface area contributed by atoms with Gasteiger partial charge in [0.05, 0.1) is 11.2 Å². The van der Waals surface area contributed by atoms with Crippen molar-refractivity contribution in [3.8, 4) is 0 Å². The molecule has 0 radical (unpaired) electrons. The molecule has 1 aromatic heterocycles. The van der Waals surface area contributed by atoms with E-state index in [1.807, 2.05) is 6.92 Å². The molecule has 2 heterocycles. The Balaban J connectivity index is 2.11. The molecule has 17 heavy (non-hydrogen) atoms. The predicted octanol–water partition coefficient (Wildman–Crippen LogP) is 0.0795. The second-order valence-electron chi connectivity index (χ2n) is 4.18. The van der Waals surface area contributed by atoms with Crippen LogP contribution in [0, 0.1) is 6.92 Å². The number of aromatic nitrogens is 1. The maximum atomic E-state index is 12.0. The standard InChI is InChI=1S/C10H13N3O3S/c1-6-12-4-7(17-6)8(14)13-3-2-10(11,5-13)9(15)16/h4H,2-3,5,11H2,1H3,(H,15,16). The summed E-state index contributed by atoms with van der Waals surface area (Å²) in [7, 11) is 0. The summed E-state index contributed by atoms with van der Waals surface area (Å²) in [6.07, 6.45) is 1.80. The van der Waals surface area contributed by atoms with Crippen LogP contribution in [-0.4, -0.2) is 45.5 Å². The molecule has 6 nitrogen and oxygen atoms in total. The van der Waals surface area contributed by atoms with Crippen LogP contribution in [-0.2, 0) is 4.79 Å². The number of nitrogens with two attached hydrogens (primary N) is 1. The average Bonchev–Trinajstić information content (AvgIpc) is 2.85. The van der Waals surface area contributed by atoms with E-state index in [1.165, 1.54) is 22.4 Å². The van der Waals surface area contributed by atoms with Crippen LogP contribution in [0.4, 0.5) is 0 Å². The monoisotopic (exact) mass is 255 g/mol. The van der Waals surface area contributed by atoms with Crippen molar-refractivity contribution in [2.75, 3.05) is 13.1 Å². The summed E-state index contributed by atoms with van der Waals surface area (Å²) in [5.41, 5.74) is 4.40. The molecule has 7 heteroatoms. The van der Waals surface area contributed by atoms with Gasteiger partial charge in [-0.25, -0.2) is 4.98 Å². The maximum absolute atomic E-state index is 12.0. The number of carboxylic acids is 1. The van der Waals surface area contributed by atoms with Gasteiger partial charge < -0.3 is 15.7 Å². The average molecular weight is 255 g/mol. The van der Waals surface area contributed by atoms with Gasteiger partial charge in [-0.2, -0.15) is 0 Å². The first-order valence-electron chi connectivity index (χ1n) is 5.16. The molecule has 3 N–H and O–H groups in total. The molecule has 1 saturated heterocycles. The van der Waals surface area contributed by atoms with Crippen molar-refractivity contribution >= 4 is 23.2 Å². The molecule has 1 atom stereocenters. The summed E-state index contributed by atoms with van der Waals surface area (Å²) in [6, 6.07) is 0. The molecule has 1 aromatic rings. The van der Waals surface area contributed by atoms with Gasteiger partial charge >= 0.3 is 5.97 Å². The van der Waals surface area contributed by atoms with Crippen LogP contribution in [0.25, 0.3) is 0 Å². The van der Waals surface area contributed by atoms with E-state index in [1.54, 1.807) is 0 Å². The number of nitrogens with zero attached hydrogens (tertiary/aromatic N) is 2. The molecule has 0 aromatic carbocycles. The Kier molecular flexibility index (Phi) is 2.88. The second kappa shape index (κ2) is 4.08. The summed E-state index contributed by atoms with van der Waals surface area (Å²) >= 11 is 1.30. The third-order valence-electron chi connectivity index (χ3n) is 2.85. The quantitative estimate of drug-likeness (QED) is 0.780. The minimum atomic E-state index is -1.31. The molecule has 0 spiro atoms. The highest BCUT2D eigenvalue weighted by Gasteiger charge is 2.43. The minimum absolute atomic E-state index is 0.0537. The van der Waals surface area contributed by atoms with Crippen molar-refractivity contribution in [2.24, 2.45) is 5.73 Å². The molecule has 0 bridgehead atoms. The maximum Gasteiger partial charge on any atom is 0.325 e. The molecule has 1 fully saturated rings. The Labute approximate surface area is 102 Å². The van der Waals surface area contributed by atoms with Crippen molar-refractivity contribution in [3.05, 3.63) is 16.1 Å². The third-order valence-corrected chi connectivity index (χ3v) is 3.75. The van der Waals surface area contributed by atoms with E-state index in [4.69, 9.17) is 10.8 Å². The Hall–Kier alpha value is -1.47. The molecule has 0 aliphatic carbocycles. The summed E-state index contributed by atoms with van der Waals surface area (Å²) in [4.78, 5) is 29.0. The number of hydrogen-bond acceptors (Lipinski definition) is 5. The summed E-state index contributed by atoms with van der Waals surface area (Å²) in [5.74, 6) is -1.25. The Bertz CT molecular complexity index is 473. The van der Waals surface area contributed by atoms with E-state index < -0.39 is 11.5 Å². The first-order chi connectivity index (χ1) is 7.92. The number of carbonyl (C=O) groups is 2. The predicted molar refractivity (Wildman–Crippen MR) is 61.9 cm³/mol. The van der Waals surface area contributed by atoms with Crippen molar-refractivity contribution < 1.29 is 14.7 Å². The van der Waals surface area contributed by atoms with E-state index >= 15 is 0 Å². The third kappa shape index (κ3) is 2.16. The lowest BCUT2D eigenvalue weighted by molar-refractivity contribution is -0.142. The summed E-state index contributed by atoms with van der Waals surface area (Å²) in [5, 5.41) is 9.78. The fourth-order valence-corrected chi connectivity index (χ4v) is 2.54. The van der Waals surface area contributed by atoms with E-state index in [0.717, 1.165) is 5.01 Å². The van der Waals surface area contributed by atoms with E-state index in [0.29, 0.717) is 11.4 Å². The second-order valence-corrected chi connectivity index (χ2v) is 5.42. The van der Waals surface area contributed by atoms with Crippen molar-refractivity contribution in [2.45, 2.75) is 18.9 Å². The van der Waals surface area contributed by atoms with Crippen LogP contribution in [0.1, 0.15) is 21.1 Å². The fraction of sp³-hybridized carbons (Fsp3) is 0.500. The number of hydrogen-bond donors (Lipinski definition) is 2. The number of rotatable bonds is 2. The number of thiazole rings is 1. The van der Waals surface area contributed by atoms with Crippen LogP contribution < -0.4 is 5.73 Å². The summed E-state index contributed by atoms with van der Waals surface area (Å²) < 4.78 is 0. The molecular weight excluding hydrogens is 242 g/mol. The molecule has 2 rings (SSSR count). The van der Waals surface area contributed by atoms with Crippen LogP contribution in [0.2, 0.25) is 0 Å². The number of carboxylic acid groups (broad SMARTS) is 1. The lowest BCUT2D eigenvalue weighted by Gasteiger charge is -2.19. The highest BCUT2D eigenvalue weighted by atomic mass is 32.1. The number of aliphatic carboxylic acids is 1. The number of carbonyl (C=O) groups excluding carboxylic acids is 1. The molecule has 92 valence electrons. The topological polar surface area (TPSA) is 96.5 Å². The van der Waals surface area contributed by atoms with E-state index in [-0.39, 0.29) is 18.9 Å². The van der Waals surface area contributed by atoms with E-state index in [9.17, 15) is 9.59 Å². The zero-order valence-corrected chi connectivity index (χ0v) is 10.2. The lowest BCUT2D eigenvalue weighted by Crippen LogP contribution is -2.50. The van der Waals surface area contributed by atoms with Gasteiger partial charge in [-0.1, -0.05) is 0 Å². The normalized spacial score (nSPS) is 24.0. The highest BCUT2D eigenvalue weighted by Crippen LogP contribution is 2.23. The molecule has 0 saturated carbocycles. The lowest BCUT2D eigenvalue weighted by atomic mass is 10.0. The minimum Gasteiger partial charge on any atom is -0.480 e. The molecule has 1 aliphatic rings. The Morgan fingerprint density at radius 1 is 1.65 bits per heavy atom. The van der Waals surface area contributed by atoms with Gasteiger partial charge in [0.1, 0.15) is 10.4 Å². The van der Waals surface area contributed by atoms with Crippen LogP contribution in [0.3, 0.4) is 0 Å². The largest absolute Gasteiger partial charge is 0.480 e. The molecule has 1 aliphatic heterocycles. The number of aryl methyl sites for hydroxylation is 1.